The Morgan fingerprint density at radius 2 is 1.60 bits per heavy atom. The molecule has 0 spiro atoms. The van der Waals surface area contributed by atoms with Gasteiger partial charge in [0.05, 0.1) is 0 Å². The van der Waals surface area contributed by atoms with Crippen LogP contribution < -0.4 is 10.1 Å². The number of rotatable bonds is 5. The van der Waals surface area contributed by atoms with E-state index in [1.165, 1.54) is 16.7 Å². The Morgan fingerprint density at radius 3 is 2.20 bits per heavy atom. The highest BCUT2D eigenvalue weighted by Crippen LogP contribution is 2.24. The molecule has 0 heterocycles. The smallest absolute Gasteiger partial charge is 0.127 e. The maximum atomic E-state index is 5.87. The average molecular weight is 269 g/mol. The van der Waals surface area contributed by atoms with Gasteiger partial charge in [-0.05, 0) is 49.2 Å². The van der Waals surface area contributed by atoms with Crippen molar-refractivity contribution in [3.8, 4) is 11.5 Å². The maximum absolute atomic E-state index is 5.87. The van der Waals surface area contributed by atoms with Crippen molar-refractivity contribution in [2.24, 2.45) is 0 Å². The van der Waals surface area contributed by atoms with Crippen molar-refractivity contribution >= 4 is 0 Å². The van der Waals surface area contributed by atoms with Crippen LogP contribution in [-0.4, -0.2) is 6.04 Å². The van der Waals surface area contributed by atoms with Gasteiger partial charge in [0.25, 0.3) is 0 Å². The minimum Gasteiger partial charge on any atom is -0.457 e. The highest BCUT2D eigenvalue weighted by molar-refractivity contribution is 5.38. The first-order valence-corrected chi connectivity index (χ1v) is 7.12. The largest absolute Gasteiger partial charge is 0.457 e. The van der Waals surface area contributed by atoms with Crippen LogP contribution in [0.5, 0.6) is 11.5 Å². The summed E-state index contributed by atoms with van der Waals surface area (Å²) in [5.41, 5.74) is 3.81. The molecule has 2 aromatic rings. The lowest BCUT2D eigenvalue weighted by atomic mass is 10.1. The standard InChI is InChI=1S/C18H23NO/c1-13(2)19-12-16-7-10-18(11-15(16)4)20-17-8-5-14(3)6-9-17/h5-11,13,19H,12H2,1-4H3. The van der Waals surface area contributed by atoms with E-state index in [-0.39, 0.29) is 0 Å². The number of hydrogen-bond acceptors (Lipinski definition) is 2. The molecule has 0 unspecified atom stereocenters. The van der Waals surface area contributed by atoms with Crippen molar-refractivity contribution in [3.63, 3.8) is 0 Å². The molecule has 0 saturated carbocycles. The van der Waals surface area contributed by atoms with Gasteiger partial charge in [0.2, 0.25) is 0 Å². The molecule has 2 nitrogen and oxygen atoms in total. The molecular formula is C18H23NO. The van der Waals surface area contributed by atoms with Crippen molar-refractivity contribution < 1.29 is 4.74 Å². The quantitative estimate of drug-likeness (QED) is 0.857. The number of aryl methyl sites for hydroxylation is 2. The van der Waals surface area contributed by atoms with Crippen molar-refractivity contribution in [1.29, 1.82) is 0 Å². The van der Waals surface area contributed by atoms with Crippen LogP contribution in [0.2, 0.25) is 0 Å². The summed E-state index contributed by atoms with van der Waals surface area (Å²) < 4.78 is 5.87. The first kappa shape index (κ1) is 14.6. The van der Waals surface area contributed by atoms with Crippen molar-refractivity contribution in [3.05, 3.63) is 59.2 Å². The Hall–Kier alpha value is -1.80. The third-order valence-electron chi connectivity index (χ3n) is 3.27. The van der Waals surface area contributed by atoms with E-state index in [4.69, 9.17) is 4.74 Å². The summed E-state index contributed by atoms with van der Waals surface area (Å²) in [6, 6.07) is 14.9. The van der Waals surface area contributed by atoms with Crippen LogP contribution in [0.25, 0.3) is 0 Å². The molecule has 0 atom stereocenters. The fourth-order valence-corrected chi connectivity index (χ4v) is 1.99. The van der Waals surface area contributed by atoms with E-state index >= 15 is 0 Å². The summed E-state index contributed by atoms with van der Waals surface area (Å²) in [7, 11) is 0. The summed E-state index contributed by atoms with van der Waals surface area (Å²) in [6.45, 7) is 9.41. The van der Waals surface area contributed by atoms with Crippen LogP contribution in [0.15, 0.2) is 42.5 Å². The van der Waals surface area contributed by atoms with Crippen LogP contribution in [0, 0.1) is 13.8 Å². The molecule has 2 heteroatoms. The zero-order chi connectivity index (χ0) is 14.5. The van der Waals surface area contributed by atoms with E-state index in [1.54, 1.807) is 0 Å². The summed E-state index contributed by atoms with van der Waals surface area (Å²) in [5, 5.41) is 3.44. The topological polar surface area (TPSA) is 21.3 Å². The van der Waals surface area contributed by atoms with Gasteiger partial charge in [0.15, 0.2) is 0 Å². The second-order valence-electron chi connectivity index (χ2n) is 5.54. The summed E-state index contributed by atoms with van der Waals surface area (Å²) in [4.78, 5) is 0. The molecule has 2 aromatic carbocycles. The van der Waals surface area contributed by atoms with E-state index in [2.05, 4.69) is 57.3 Å². The van der Waals surface area contributed by atoms with E-state index in [1.807, 2.05) is 18.2 Å². The molecule has 0 radical (unpaired) electrons. The molecule has 0 aliphatic carbocycles. The number of benzene rings is 2. The third kappa shape index (κ3) is 4.10. The number of ether oxygens (including phenoxy) is 1. The molecular weight excluding hydrogens is 246 g/mol. The molecule has 106 valence electrons. The summed E-state index contributed by atoms with van der Waals surface area (Å²) >= 11 is 0. The van der Waals surface area contributed by atoms with Crippen molar-refractivity contribution in [1.82, 2.24) is 5.32 Å². The first-order chi connectivity index (χ1) is 9.54. The second-order valence-corrected chi connectivity index (χ2v) is 5.54. The van der Waals surface area contributed by atoms with Gasteiger partial charge in [0.1, 0.15) is 11.5 Å². The lowest BCUT2D eigenvalue weighted by molar-refractivity contribution is 0.481. The van der Waals surface area contributed by atoms with Gasteiger partial charge >= 0.3 is 0 Å². The third-order valence-corrected chi connectivity index (χ3v) is 3.27. The Morgan fingerprint density at radius 1 is 0.950 bits per heavy atom. The SMILES string of the molecule is Cc1ccc(Oc2ccc(CNC(C)C)c(C)c2)cc1. The first-order valence-electron chi connectivity index (χ1n) is 7.12. The molecule has 0 bridgehead atoms. The van der Waals surface area contributed by atoms with Crippen LogP contribution in [0.4, 0.5) is 0 Å². The van der Waals surface area contributed by atoms with E-state index in [0.29, 0.717) is 6.04 Å². The summed E-state index contributed by atoms with van der Waals surface area (Å²) in [6.07, 6.45) is 0. The highest BCUT2D eigenvalue weighted by Gasteiger charge is 2.03. The predicted octanol–water partition coefficient (Wildman–Crippen LogP) is 4.59. The van der Waals surface area contributed by atoms with Crippen molar-refractivity contribution in [2.75, 3.05) is 0 Å². The Bertz CT molecular complexity index is 558. The molecule has 0 aromatic heterocycles. The van der Waals surface area contributed by atoms with Crippen LogP contribution in [0.1, 0.15) is 30.5 Å². The molecule has 2 rings (SSSR count). The van der Waals surface area contributed by atoms with Gasteiger partial charge in [-0.2, -0.15) is 0 Å². The number of hydrogen-bond donors (Lipinski definition) is 1. The fourth-order valence-electron chi connectivity index (χ4n) is 1.99. The predicted molar refractivity (Wildman–Crippen MR) is 84.4 cm³/mol. The van der Waals surface area contributed by atoms with Gasteiger partial charge in [-0.3, -0.25) is 0 Å². The molecule has 0 aliphatic heterocycles. The Labute approximate surface area is 121 Å². The fraction of sp³-hybridized carbons (Fsp3) is 0.333. The lowest BCUT2D eigenvalue weighted by Gasteiger charge is -2.12. The van der Waals surface area contributed by atoms with Crippen LogP contribution in [-0.2, 0) is 6.54 Å². The van der Waals surface area contributed by atoms with E-state index < -0.39 is 0 Å². The van der Waals surface area contributed by atoms with Crippen molar-refractivity contribution in [2.45, 2.75) is 40.3 Å². The van der Waals surface area contributed by atoms with Gasteiger partial charge < -0.3 is 10.1 Å². The van der Waals surface area contributed by atoms with E-state index in [9.17, 15) is 0 Å². The average Bonchev–Trinajstić information content (AvgIpc) is 2.40. The minimum absolute atomic E-state index is 0.498. The molecule has 0 saturated heterocycles. The summed E-state index contributed by atoms with van der Waals surface area (Å²) in [5.74, 6) is 1.77. The molecule has 1 N–H and O–H groups in total. The monoisotopic (exact) mass is 269 g/mol. The zero-order valence-electron chi connectivity index (χ0n) is 12.7. The van der Waals surface area contributed by atoms with Gasteiger partial charge in [-0.15, -0.1) is 0 Å². The molecule has 20 heavy (non-hydrogen) atoms. The normalized spacial score (nSPS) is 10.8. The van der Waals surface area contributed by atoms with E-state index in [0.717, 1.165) is 18.0 Å². The molecule has 0 amide bonds. The van der Waals surface area contributed by atoms with Crippen LogP contribution in [0.3, 0.4) is 0 Å². The molecule has 0 aliphatic rings. The number of nitrogens with one attached hydrogen (secondary N) is 1. The lowest BCUT2D eigenvalue weighted by Crippen LogP contribution is -2.22. The highest BCUT2D eigenvalue weighted by atomic mass is 16.5. The second kappa shape index (κ2) is 6.58. The van der Waals surface area contributed by atoms with Gasteiger partial charge in [-0.1, -0.05) is 37.6 Å². The maximum Gasteiger partial charge on any atom is 0.127 e. The van der Waals surface area contributed by atoms with Crippen LogP contribution >= 0.6 is 0 Å². The molecule has 0 fully saturated rings. The zero-order valence-corrected chi connectivity index (χ0v) is 12.7. The Kier molecular flexibility index (Phi) is 4.80. The minimum atomic E-state index is 0.498. The Balaban J connectivity index is 2.06. The van der Waals surface area contributed by atoms with Gasteiger partial charge in [-0.25, -0.2) is 0 Å². The van der Waals surface area contributed by atoms with Gasteiger partial charge in [0, 0.05) is 12.6 Å².